The van der Waals surface area contributed by atoms with Crippen molar-refractivity contribution in [1.29, 1.82) is 0 Å². The van der Waals surface area contributed by atoms with Crippen LogP contribution in [-0.4, -0.2) is 29.8 Å². The van der Waals surface area contributed by atoms with Crippen molar-refractivity contribution in [2.75, 3.05) is 12.4 Å². The molecule has 0 spiro atoms. The lowest BCUT2D eigenvalue weighted by Gasteiger charge is -2.21. The minimum absolute atomic E-state index is 0.0526. The molecule has 0 aliphatic heterocycles. The standard InChI is InChI=1S/C12H15FN2O4/c1-12(2,10(16)17)15-11(18)14-7-4-5-9(19-3)8(13)6-7/h4-6H,1-3H3,(H,16,17)(H2,14,15,18). The van der Waals surface area contributed by atoms with Gasteiger partial charge in [0.1, 0.15) is 5.54 Å². The molecule has 3 N–H and O–H groups in total. The average Bonchev–Trinajstić information content (AvgIpc) is 2.28. The number of ether oxygens (including phenoxy) is 1. The fourth-order valence-electron chi connectivity index (χ4n) is 1.24. The van der Waals surface area contributed by atoms with Crippen LogP contribution in [0.3, 0.4) is 0 Å². The van der Waals surface area contributed by atoms with Crippen LogP contribution in [0.4, 0.5) is 14.9 Å². The molecule has 0 aliphatic rings. The van der Waals surface area contributed by atoms with Crippen LogP contribution in [0.25, 0.3) is 0 Å². The van der Waals surface area contributed by atoms with Crippen LogP contribution >= 0.6 is 0 Å². The van der Waals surface area contributed by atoms with Gasteiger partial charge < -0.3 is 20.5 Å². The van der Waals surface area contributed by atoms with Crippen molar-refractivity contribution in [1.82, 2.24) is 5.32 Å². The molecule has 0 radical (unpaired) electrons. The zero-order valence-corrected chi connectivity index (χ0v) is 10.8. The summed E-state index contributed by atoms with van der Waals surface area (Å²) < 4.78 is 18.1. The minimum atomic E-state index is -1.42. The van der Waals surface area contributed by atoms with Crippen LogP contribution in [0.5, 0.6) is 5.75 Å². The third-order valence-corrected chi connectivity index (χ3v) is 2.37. The predicted molar refractivity (Wildman–Crippen MR) is 66.8 cm³/mol. The van der Waals surface area contributed by atoms with E-state index in [2.05, 4.69) is 10.6 Å². The number of urea groups is 1. The summed E-state index contributed by atoms with van der Waals surface area (Å²) in [7, 11) is 1.33. The van der Waals surface area contributed by atoms with Crippen molar-refractivity contribution in [2.45, 2.75) is 19.4 Å². The Kier molecular flexibility index (Phi) is 4.31. The minimum Gasteiger partial charge on any atom is -0.494 e. The van der Waals surface area contributed by atoms with Gasteiger partial charge in [0.2, 0.25) is 0 Å². The number of carbonyl (C=O) groups is 2. The van der Waals surface area contributed by atoms with E-state index >= 15 is 0 Å². The van der Waals surface area contributed by atoms with Crippen LogP contribution in [-0.2, 0) is 4.79 Å². The number of carboxylic acid groups (broad SMARTS) is 1. The maximum Gasteiger partial charge on any atom is 0.328 e. The van der Waals surface area contributed by atoms with Crippen LogP contribution in [0.15, 0.2) is 18.2 Å². The number of halogens is 1. The first-order valence-electron chi connectivity index (χ1n) is 5.42. The summed E-state index contributed by atoms with van der Waals surface area (Å²) in [5, 5.41) is 13.4. The highest BCUT2D eigenvalue weighted by Gasteiger charge is 2.28. The first kappa shape index (κ1) is 14.7. The van der Waals surface area contributed by atoms with Gasteiger partial charge in [-0.25, -0.2) is 14.0 Å². The number of carboxylic acids is 1. The molecule has 0 aromatic heterocycles. The van der Waals surface area contributed by atoms with Gasteiger partial charge in [0.25, 0.3) is 0 Å². The van der Waals surface area contributed by atoms with E-state index in [0.717, 1.165) is 6.07 Å². The molecule has 0 unspecified atom stereocenters. The largest absolute Gasteiger partial charge is 0.494 e. The molecule has 0 atom stereocenters. The lowest BCUT2D eigenvalue weighted by Crippen LogP contribution is -2.51. The van der Waals surface area contributed by atoms with E-state index in [0.29, 0.717) is 0 Å². The number of amides is 2. The Morgan fingerprint density at radius 3 is 2.47 bits per heavy atom. The smallest absolute Gasteiger partial charge is 0.328 e. The van der Waals surface area contributed by atoms with Crippen molar-refractivity contribution < 1.29 is 23.8 Å². The quantitative estimate of drug-likeness (QED) is 0.778. The number of anilines is 1. The number of hydrogen-bond donors (Lipinski definition) is 3. The van der Waals surface area contributed by atoms with Gasteiger partial charge in [0.05, 0.1) is 7.11 Å². The highest BCUT2D eigenvalue weighted by molar-refractivity contribution is 5.93. The highest BCUT2D eigenvalue weighted by Crippen LogP contribution is 2.20. The first-order valence-corrected chi connectivity index (χ1v) is 5.42. The predicted octanol–water partition coefficient (Wildman–Crippen LogP) is 1.82. The van der Waals surface area contributed by atoms with Crippen LogP contribution in [0, 0.1) is 5.82 Å². The van der Waals surface area contributed by atoms with E-state index in [9.17, 15) is 14.0 Å². The molecule has 2 amide bonds. The third-order valence-electron chi connectivity index (χ3n) is 2.37. The molecule has 104 valence electrons. The van der Waals surface area contributed by atoms with E-state index in [1.807, 2.05) is 0 Å². The van der Waals surface area contributed by atoms with Gasteiger partial charge in [-0.3, -0.25) is 0 Å². The summed E-state index contributed by atoms with van der Waals surface area (Å²) in [5.41, 5.74) is -1.23. The van der Waals surface area contributed by atoms with Crippen molar-refractivity contribution in [3.63, 3.8) is 0 Å². The Hall–Kier alpha value is -2.31. The monoisotopic (exact) mass is 270 g/mol. The number of rotatable bonds is 4. The van der Waals surface area contributed by atoms with E-state index in [1.165, 1.54) is 33.1 Å². The Labute approximate surface area is 109 Å². The molecule has 0 bridgehead atoms. The molecule has 0 heterocycles. The number of hydrogen-bond acceptors (Lipinski definition) is 3. The summed E-state index contributed by atoms with van der Waals surface area (Å²) in [6.07, 6.45) is 0. The van der Waals surface area contributed by atoms with Crippen LogP contribution in [0.2, 0.25) is 0 Å². The van der Waals surface area contributed by atoms with E-state index < -0.39 is 23.4 Å². The number of carbonyl (C=O) groups excluding carboxylic acids is 1. The highest BCUT2D eigenvalue weighted by atomic mass is 19.1. The average molecular weight is 270 g/mol. The van der Waals surface area contributed by atoms with Crippen LogP contribution in [0.1, 0.15) is 13.8 Å². The molecule has 6 nitrogen and oxygen atoms in total. The summed E-state index contributed by atoms with van der Waals surface area (Å²) in [6, 6.07) is 3.13. The SMILES string of the molecule is COc1ccc(NC(=O)NC(C)(C)C(=O)O)cc1F. The second kappa shape index (κ2) is 5.55. The van der Waals surface area contributed by atoms with Crippen molar-refractivity contribution in [3.8, 4) is 5.75 Å². The second-order valence-corrected chi connectivity index (χ2v) is 4.36. The van der Waals surface area contributed by atoms with Crippen molar-refractivity contribution >= 4 is 17.7 Å². The molecule has 0 saturated heterocycles. The zero-order chi connectivity index (χ0) is 14.6. The van der Waals surface area contributed by atoms with Gasteiger partial charge in [-0.2, -0.15) is 0 Å². The maximum atomic E-state index is 13.4. The molecule has 0 fully saturated rings. The fraction of sp³-hybridized carbons (Fsp3) is 0.333. The Balaban J connectivity index is 2.73. The first-order chi connectivity index (χ1) is 8.76. The van der Waals surface area contributed by atoms with Gasteiger partial charge in [0.15, 0.2) is 11.6 Å². The molecule has 0 saturated carbocycles. The Morgan fingerprint density at radius 2 is 2.00 bits per heavy atom. The molecule has 19 heavy (non-hydrogen) atoms. The van der Waals surface area contributed by atoms with E-state index in [4.69, 9.17) is 9.84 Å². The number of methoxy groups -OCH3 is 1. The molecular formula is C12H15FN2O4. The summed E-state index contributed by atoms with van der Waals surface area (Å²) in [4.78, 5) is 22.4. The lowest BCUT2D eigenvalue weighted by molar-refractivity contribution is -0.142. The summed E-state index contributed by atoms with van der Waals surface area (Å²) in [5.74, 6) is -1.75. The summed E-state index contributed by atoms with van der Waals surface area (Å²) in [6.45, 7) is 2.67. The molecular weight excluding hydrogens is 255 g/mol. The van der Waals surface area contributed by atoms with E-state index in [1.54, 1.807) is 0 Å². The summed E-state index contributed by atoms with van der Waals surface area (Å²) >= 11 is 0. The van der Waals surface area contributed by atoms with Gasteiger partial charge in [-0.15, -0.1) is 0 Å². The van der Waals surface area contributed by atoms with Crippen molar-refractivity contribution in [3.05, 3.63) is 24.0 Å². The van der Waals surface area contributed by atoms with Gasteiger partial charge in [-0.1, -0.05) is 0 Å². The zero-order valence-electron chi connectivity index (χ0n) is 10.8. The third kappa shape index (κ3) is 3.84. The second-order valence-electron chi connectivity index (χ2n) is 4.36. The van der Waals surface area contributed by atoms with Gasteiger partial charge in [-0.05, 0) is 26.0 Å². The van der Waals surface area contributed by atoms with Gasteiger partial charge >= 0.3 is 12.0 Å². The Bertz CT molecular complexity index is 503. The topological polar surface area (TPSA) is 87.7 Å². The maximum absolute atomic E-state index is 13.4. The molecule has 0 aliphatic carbocycles. The number of benzene rings is 1. The van der Waals surface area contributed by atoms with Gasteiger partial charge in [0, 0.05) is 11.8 Å². The fourth-order valence-corrected chi connectivity index (χ4v) is 1.24. The number of aliphatic carboxylic acids is 1. The Morgan fingerprint density at radius 1 is 1.37 bits per heavy atom. The molecule has 1 rings (SSSR count). The number of nitrogens with one attached hydrogen (secondary N) is 2. The van der Waals surface area contributed by atoms with Crippen molar-refractivity contribution in [2.24, 2.45) is 0 Å². The molecule has 7 heteroatoms. The lowest BCUT2D eigenvalue weighted by atomic mass is 10.1. The van der Waals surface area contributed by atoms with E-state index in [-0.39, 0.29) is 11.4 Å². The normalized spacial score (nSPS) is 10.7. The molecule has 1 aromatic rings. The van der Waals surface area contributed by atoms with Crippen LogP contribution < -0.4 is 15.4 Å². The molecule has 1 aromatic carbocycles.